The second-order valence-corrected chi connectivity index (χ2v) is 8.79. The van der Waals surface area contributed by atoms with Crippen LogP contribution in [0.1, 0.15) is 49.4 Å². The molecule has 2 heterocycles. The Morgan fingerprint density at radius 1 is 1.25 bits per heavy atom. The number of benzene rings is 1. The first-order valence-electron chi connectivity index (χ1n) is 7.56. The minimum absolute atomic E-state index is 0.274. The topological polar surface area (TPSA) is 47.1 Å². The van der Waals surface area contributed by atoms with Crippen LogP contribution in [0.4, 0.5) is 0 Å². The number of fused-ring (bicyclic) bond motifs is 1. The van der Waals surface area contributed by atoms with Crippen LogP contribution in [0.3, 0.4) is 0 Å². The number of piperidine rings is 1. The predicted octanol–water partition coefficient (Wildman–Crippen LogP) is 2.16. The van der Waals surface area contributed by atoms with Crippen LogP contribution in [0.5, 0.6) is 0 Å². The molecule has 4 rings (SSSR count). The molecule has 0 radical (unpaired) electrons. The van der Waals surface area contributed by atoms with Crippen molar-refractivity contribution < 1.29 is 4.55 Å². The first kappa shape index (κ1) is 13.1. The second kappa shape index (κ2) is 4.23. The maximum atomic E-state index is 12.7. The van der Waals surface area contributed by atoms with Crippen molar-refractivity contribution >= 4 is 11.4 Å². The highest BCUT2D eigenvalue weighted by molar-refractivity contribution is 7.90. The molecule has 1 spiro atoms. The van der Waals surface area contributed by atoms with Crippen molar-refractivity contribution in [3.63, 3.8) is 0 Å². The van der Waals surface area contributed by atoms with Gasteiger partial charge in [0.15, 0.2) is 4.75 Å². The van der Waals surface area contributed by atoms with Gasteiger partial charge in [0, 0.05) is 22.3 Å². The van der Waals surface area contributed by atoms with Crippen LogP contribution in [0, 0.1) is 5.41 Å². The fraction of sp³-hybridized carbons (Fsp3) is 0.625. The maximum Gasteiger partial charge on any atom is 0.164 e. The lowest BCUT2D eigenvalue weighted by atomic mass is 9.73. The van der Waals surface area contributed by atoms with E-state index in [0.717, 1.165) is 19.5 Å². The van der Waals surface area contributed by atoms with Crippen molar-refractivity contribution in [2.24, 2.45) is 5.41 Å². The zero-order valence-corrected chi connectivity index (χ0v) is 13.0. The summed E-state index contributed by atoms with van der Waals surface area (Å²) < 4.78 is 15.9. The second-order valence-electron chi connectivity index (χ2n) is 7.00. The third-order valence-corrected chi connectivity index (χ3v) is 7.17. The van der Waals surface area contributed by atoms with Crippen LogP contribution in [0.15, 0.2) is 18.2 Å². The lowest BCUT2D eigenvalue weighted by Crippen LogP contribution is -2.52. The van der Waals surface area contributed by atoms with Gasteiger partial charge in [-0.1, -0.05) is 18.2 Å². The Morgan fingerprint density at radius 3 is 2.75 bits per heavy atom. The van der Waals surface area contributed by atoms with E-state index in [0.29, 0.717) is 0 Å². The molecule has 0 aromatic heterocycles. The summed E-state index contributed by atoms with van der Waals surface area (Å²) in [5.41, 5.74) is 4.51. The van der Waals surface area contributed by atoms with E-state index in [2.05, 4.69) is 42.1 Å². The molecular formula is C16H22N2OS. The monoisotopic (exact) mass is 290 g/mol. The summed E-state index contributed by atoms with van der Waals surface area (Å²) in [6.07, 6.45) is 3.50. The number of nitrogens with one attached hydrogen (secondary N) is 2. The van der Waals surface area contributed by atoms with E-state index in [1.807, 2.05) is 0 Å². The molecule has 0 amide bonds. The molecule has 0 unspecified atom stereocenters. The third kappa shape index (κ3) is 1.59. The van der Waals surface area contributed by atoms with Gasteiger partial charge in [-0.25, -0.2) is 0 Å². The fourth-order valence-electron chi connectivity index (χ4n) is 4.35. The molecule has 0 bridgehead atoms. The summed E-state index contributed by atoms with van der Waals surface area (Å²) in [4.78, 5) is 0. The van der Waals surface area contributed by atoms with Gasteiger partial charge in [-0.2, -0.15) is 0 Å². The van der Waals surface area contributed by atoms with E-state index in [1.54, 1.807) is 0 Å². The average Bonchev–Trinajstić information content (AvgIpc) is 2.72. The molecule has 20 heavy (non-hydrogen) atoms. The normalized spacial score (nSPS) is 33.1. The molecule has 108 valence electrons. The van der Waals surface area contributed by atoms with E-state index < -0.39 is 11.4 Å². The smallest absolute Gasteiger partial charge is 0.164 e. The summed E-state index contributed by atoms with van der Waals surface area (Å²) in [5.74, 6) is 0. The highest BCUT2D eigenvalue weighted by Gasteiger charge is 2.55. The highest BCUT2D eigenvalue weighted by atomic mass is 32.2. The first-order chi connectivity index (χ1) is 9.55. The number of hydrogen-bond acceptors (Lipinski definition) is 3. The first-order valence-corrected chi connectivity index (χ1v) is 8.71. The quantitative estimate of drug-likeness (QED) is 0.720. The van der Waals surface area contributed by atoms with Gasteiger partial charge in [0.05, 0.1) is 6.04 Å². The van der Waals surface area contributed by atoms with E-state index >= 15 is 0 Å². The lowest BCUT2D eigenvalue weighted by Gasteiger charge is -2.44. The zero-order chi connectivity index (χ0) is 14.0. The SMILES string of the molecule is CC1(C)c2cccc3c2[C@@H](N[S@+]1[O-])C1(CCNCC1)C3. The molecule has 1 aliphatic carbocycles. The molecule has 1 aromatic carbocycles. The Balaban J connectivity index is 1.87. The van der Waals surface area contributed by atoms with Crippen LogP contribution < -0.4 is 10.0 Å². The van der Waals surface area contributed by atoms with Crippen molar-refractivity contribution in [2.45, 2.75) is 43.9 Å². The molecule has 0 saturated carbocycles. The lowest BCUT2D eigenvalue weighted by molar-refractivity contribution is 0.161. The Hall–Kier alpha value is -0.550. The van der Waals surface area contributed by atoms with Crippen LogP contribution in [-0.4, -0.2) is 17.6 Å². The van der Waals surface area contributed by atoms with E-state index in [4.69, 9.17) is 0 Å². The Bertz CT molecular complexity index is 551. The molecule has 2 N–H and O–H groups in total. The molecule has 1 fully saturated rings. The van der Waals surface area contributed by atoms with Gasteiger partial charge in [0.2, 0.25) is 0 Å². The molecule has 4 heteroatoms. The highest BCUT2D eigenvalue weighted by Crippen LogP contribution is 2.56. The molecule has 1 saturated heterocycles. The van der Waals surface area contributed by atoms with Gasteiger partial charge in [0.25, 0.3) is 0 Å². The Kier molecular flexibility index (Phi) is 2.78. The van der Waals surface area contributed by atoms with Crippen molar-refractivity contribution in [1.29, 1.82) is 0 Å². The van der Waals surface area contributed by atoms with Crippen LogP contribution in [-0.2, 0) is 22.5 Å². The van der Waals surface area contributed by atoms with Gasteiger partial charge in [-0.3, -0.25) is 0 Å². The number of rotatable bonds is 0. The van der Waals surface area contributed by atoms with Gasteiger partial charge in [-0.05, 0) is 57.3 Å². The molecular weight excluding hydrogens is 268 g/mol. The largest absolute Gasteiger partial charge is 0.597 e. The Labute approximate surface area is 123 Å². The average molecular weight is 290 g/mol. The number of hydrogen-bond donors (Lipinski definition) is 2. The van der Waals surface area contributed by atoms with Gasteiger partial charge in [-0.15, -0.1) is 4.72 Å². The van der Waals surface area contributed by atoms with Crippen molar-refractivity contribution in [3.8, 4) is 0 Å². The summed E-state index contributed by atoms with van der Waals surface area (Å²) in [6.45, 7) is 6.35. The van der Waals surface area contributed by atoms with Crippen molar-refractivity contribution in [2.75, 3.05) is 13.1 Å². The summed E-state index contributed by atoms with van der Waals surface area (Å²) >= 11 is -1.01. The summed E-state index contributed by atoms with van der Waals surface area (Å²) in [5, 5.41) is 3.46. The molecule has 2 aliphatic heterocycles. The molecule has 3 aliphatic rings. The Morgan fingerprint density at radius 2 is 2.00 bits per heavy atom. The van der Waals surface area contributed by atoms with Crippen molar-refractivity contribution in [3.05, 3.63) is 34.9 Å². The van der Waals surface area contributed by atoms with Gasteiger partial charge >= 0.3 is 0 Å². The maximum absolute atomic E-state index is 12.7. The molecule has 2 atom stereocenters. The summed E-state index contributed by atoms with van der Waals surface area (Å²) in [7, 11) is 0. The van der Waals surface area contributed by atoms with Crippen LogP contribution in [0.2, 0.25) is 0 Å². The van der Waals surface area contributed by atoms with Crippen LogP contribution >= 0.6 is 0 Å². The standard InChI is InChI=1S/C16H22N2OS/c1-15(2)12-5-3-4-11-10-16(6-8-17-9-7-16)14(13(11)12)18-20(15)19/h3-5,14,17-18H,6-10H2,1-2H3/t14-,20-/m1/s1. The minimum atomic E-state index is -1.01. The zero-order valence-electron chi connectivity index (χ0n) is 12.2. The predicted molar refractivity (Wildman–Crippen MR) is 81.7 cm³/mol. The third-order valence-electron chi connectivity index (χ3n) is 5.58. The van der Waals surface area contributed by atoms with E-state index in [1.165, 1.54) is 29.5 Å². The van der Waals surface area contributed by atoms with E-state index in [-0.39, 0.29) is 16.2 Å². The van der Waals surface area contributed by atoms with Gasteiger partial charge < -0.3 is 9.87 Å². The molecule has 1 aromatic rings. The van der Waals surface area contributed by atoms with Crippen LogP contribution in [0.25, 0.3) is 0 Å². The van der Waals surface area contributed by atoms with Crippen molar-refractivity contribution in [1.82, 2.24) is 10.0 Å². The summed E-state index contributed by atoms with van der Waals surface area (Å²) in [6, 6.07) is 6.89. The van der Waals surface area contributed by atoms with E-state index in [9.17, 15) is 4.55 Å². The van der Waals surface area contributed by atoms with Gasteiger partial charge in [0.1, 0.15) is 0 Å². The minimum Gasteiger partial charge on any atom is -0.597 e. The fourth-order valence-corrected chi connectivity index (χ4v) is 5.60. The molecule has 3 nitrogen and oxygen atoms in total.